The van der Waals surface area contributed by atoms with Crippen molar-refractivity contribution in [1.29, 1.82) is 0 Å². The lowest BCUT2D eigenvalue weighted by molar-refractivity contribution is 0.398. The average molecular weight is 595 g/mol. The van der Waals surface area contributed by atoms with E-state index < -0.39 is 0 Å². The molecule has 1 unspecified atom stereocenters. The van der Waals surface area contributed by atoms with Crippen molar-refractivity contribution in [1.82, 2.24) is 4.98 Å². The molecule has 3 aliphatic rings. The largest absolute Gasteiger partial charge is 0.458 e. The van der Waals surface area contributed by atoms with Gasteiger partial charge < -0.3 is 4.74 Å². The second-order valence-electron chi connectivity index (χ2n) is 13.8. The van der Waals surface area contributed by atoms with E-state index >= 15 is 0 Å². The van der Waals surface area contributed by atoms with Crippen LogP contribution in [0.15, 0.2) is 128 Å². The SMILES string of the molecule is CC1CCC(C)(C)c2cc3c(cc21)B1c2cc(-c4ccccc4)ccc2N(c2ccc(-c4ccccc4)cc2)c2nccc(c21)O3. The third kappa shape index (κ3) is 4.16. The number of hydrogen-bond donors (Lipinski definition) is 0. The number of aromatic nitrogens is 1. The summed E-state index contributed by atoms with van der Waals surface area (Å²) >= 11 is 0. The standard InChI is InChI=1S/C42H35BN2O/c1-27-20-22-42(2,3)34-26-39-36(25-33(27)34)43-35-24-31(29-12-8-5-9-13-29)16-19-37(35)45(41-40(43)38(46-39)21-23-44-41)32-17-14-30(15-18-32)28-10-6-4-7-11-28/h4-19,21,23-27H,20,22H2,1-3H3. The van der Waals surface area contributed by atoms with Gasteiger partial charge in [-0.2, -0.15) is 0 Å². The van der Waals surface area contributed by atoms with E-state index in [4.69, 9.17) is 9.72 Å². The molecule has 0 N–H and O–H groups in total. The van der Waals surface area contributed by atoms with Crippen LogP contribution in [0, 0.1) is 0 Å². The fourth-order valence-electron chi connectivity index (χ4n) is 7.98. The molecule has 1 aromatic heterocycles. The van der Waals surface area contributed by atoms with E-state index in [1.165, 1.54) is 57.1 Å². The zero-order chi connectivity index (χ0) is 31.0. The highest BCUT2D eigenvalue weighted by Crippen LogP contribution is 2.46. The maximum atomic E-state index is 6.84. The molecule has 0 bridgehead atoms. The minimum atomic E-state index is 0.0171. The van der Waals surface area contributed by atoms with Gasteiger partial charge in [-0.15, -0.1) is 0 Å². The summed E-state index contributed by atoms with van der Waals surface area (Å²) in [7, 11) is 0. The van der Waals surface area contributed by atoms with Gasteiger partial charge in [-0.25, -0.2) is 4.98 Å². The topological polar surface area (TPSA) is 25.4 Å². The van der Waals surface area contributed by atoms with Crippen LogP contribution in [-0.2, 0) is 5.41 Å². The summed E-state index contributed by atoms with van der Waals surface area (Å²) in [6.45, 7) is 7.16. The molecule has 1 atom stereocenters. The Kier molecular flexibility index (Phi) is 6.05. The molecule has 3 nitrogen and oxygen atoms in total. The average Bonchev–Trinajstić information content (AvgIpc) is 3.10. The van der Waals surface area contributed by atoms with E-state index in [-0.39, 0.29) is 12.1 Å². The number of nitrogens with zero attached hydrogens (tertiary/aromatic N) is 2. The lowest BCUT2D eigenvalue weighted by atomic mass is 9.34. The van der Waals surface area contributed by atoms with Crippen LogP contribution in [0.3, 0.4) is 0 Å². The summed E-state index contributed by atoms with van der Waals surface area (Å²) < 4.78 is 6.84. The quantitative estimate of drug-likeness (QED) is 0.191. The second-order valence-corrected chi connectivity index (χ2v) is 13.8. The van der Waals surface area contributed by atoms with Crippen molar-refractivity contribution in [2.45, 2.75) is 44.9 Å². The summed E-state index contributed by atoms with van der Waals surface area (Å²) in [6.07, 6.45) is 4.29. The van der Waals surface area contributed by atoms with Crippen LogP contribution in [0.5, 0.6) is 11.5 Å². The monoisotopic (exact) mass is 594 g/mol. The van der Waals surface area contributed by atoms with Gasteiger partial charge in [-0.3, -0.25) is 4.90 Å². The van der Waals surface area contributed by atoms with Gasteiger partial charge in [-0.1, -0.05) is 112 Å². The fraction of sp³-hybridized carbons (Fsp3) is 0.167. The van der Waals surface area contributed by atoms with Crippen molar-refractivity contribution in [3.05, 3.63) is 139 Å². The van der Waals surface area contributed by atoms with Gasteiger partial charge in [0.15, 0.2) is 0 Å². The Morgan fingerprint density at radius 2 is 1.39 bits per heavy atom. The highest BCUT2D eigenvalue weighted by Gasteiger charge is 2.44. The van der Waals surface area contributed by atoms with Crippen molar-refractivity contribution < 1.29 is 4.74 Å². The zero-order valence-electron chi connectivity index (χ0n) is 26.5. The minimum absolute atomic E-state index is 0.0171. The summed E-state index contributed by atoms with van der Waals surface area (Å²) in [5.41, 5.74) is 13.8. The summed E-state index contributed by atoms with van der Waals surface area (Å²) in [5, 5.41) is 0. The molecule has 0 fully saturated rings. The molecule has 3 heterocycles. The lowest BCUT2D eigenvalue weighted by Gasteiger charge is -2.41. The molecule has 1 aliphatic carbocycles. The predicted octanol–water partition coefficient (Wildman–Crippen LogP) is 9.00. The predicted molar refractivity (Wildman–Crippen MR) is 192 cm³/mol. The number of rotatable bonds is 3. The number of benzene rings is 5. The van der Waals surface area contributed by atoms with Crippen molar-refractivity contribution in [2.24, 2.45) is 0 Å². The van der Waals surface area contributed by atoms with Crippen LogP contribution < -0.4 is 26.0 Å². The van der Waals surface area contributed by atoms with Crippen LogP contribution in [0.4, 0.5) is 17.2 Å². The number of anilines is 3. The van der Waals surface area contributed by atoms with E-state index in [0.29, 0.717) is 5.92 Å². The molecule has 0 spiro atoms. The van der Waals surface area contributed by atoms with Gasteiger partial charge in [0.05, 0.1) is 0 Å². The summed E-state index contributed by atoms with van der Waals surface area (Å²) in [4.78, 5) is 7.40. The first-order chi connectivity index (χ1) is 22.5. The first kappa shape index (κ1) is 27.2. The molecular formula is C42H35BN2O. The Morgan fingerprint density at radius 3 is 2.13 bits per heavy atom. The first-order valence-corrected chi connectivity index (χ1v) is 16.5. The molecule has 6 aromatic rings. The second kappa shape index (κ2) is 10.2. The van der Waals surface area contributed by atoms with Crippen LogP contribution in [0.2, 0.25) is 0 Å². The van der Waals surface area contributed by atoms with Crippen LogP contribution in [0.25, 0.3) is 22.3 Å². The molecule has 5 aromatic carbocycles. The van der Waals surface area contributed by atoms with Gasteiger partial charge in [0.2, 0.25) is 0 Å². The summed E-state index contributed by atoms with van der Waals surface area (Å²) in [6, 6.07) is 44.0. The van der Waals surface area contributed by atoms with Crippen molar-refractivity contribution in [3.8, 4) is 33.8 Å². The maximum Gasteiger partial charge on any atom is 0.258 e. The molecule has 0 radical (unpaired) electrons. The Balaban J connectivity index is 1.27. The van der Waals surface area contributed by atoms with E-state index in [1.807, 2.05) is 12.3 Å². The van der Waals surface area contributed by atoms with Gasteiger partial charge in [0, 0.05) is 23.0 Å². The molecule has 4 heteroatoms. The lowest BCUT2D eigenvalue weighted by Crippen LogP contribution is -2.60. The number of hydrogen-bond acceptors (Lipinski definition) is 3. The zero-order valence-corrected chi connectivity index (χ0v) is 26.5. The van der Waals surface area contributed by atoms with Crippen LogP contribution in [-0.4, -0.2) is 11.7 Å². The minimum Gasteiger partial charge on any atom is -0.458 e. The number of pyridine rings is 1. The van der Waals surface area contributed by atoms with Crippen LogP contribution in [0.1, 0.15) is 50.7 Å². The Bertz CT molecular complexity index is 2120. The summed E-state index contributed by atoms with van der Waals surface area (Å²) in [5.74, 6) is 3.33. The Hall–Kier alpha value is -5.09. The highest BCUT2D eigenvalue weighted by atomic mass is 16.5. The van der Waals surface area contributed by atoms with Crippen molar-refractivity contribution in [3.63, 3.8) is 0 Å². The van der Waals surface area contributed by atoms with Crippen LogP contribution >= 0.6 is 0 Å². The fourth-order valence-corrected chi connectivity index (χ4v) is 7.98. The third-order valence-electron chi connectivity index (χ3n) is 10.5. The van der Waals surface area contributed by atoms with E-state index in [0.717, 1.165) is 34.2 Å². The van der Waals surface area contributed by atoms with E-state index in [1.54, 1.807) is 0 Å². The molecule has 0 saturated carbocycles. The molecule has 222 valence electrons. The molecule has 0 saturated heterocycles. The molecule has 9 rings (SSSR count). The highest BCUT2D eigenvalue weighted by molar-refractivity contribution is 6.99. The molecule has 2 aliphatic heterocycles. The number of ether oxygens (including phenoxy) is 1. The van der Waals surface area contributed by atoms with Gasteiger partial charge in [-0.05, 0) is 98.8 Å². The molecule has 0 amide bonds. The van der Waals surface area contributed by atoms with Crippen molar-refractivity contribution in [2.75, 3.05) is 4.90 Å². The maximum absolute atomic E-state index is 6.84. The number of fused-ring (bicyclic) bond motifs is 5. The smallest absolute Gasteiger partial charge is 0.258 e. The Morgan fingerprint density at radius 1 is 0.717 bits per heavy atom. The first-order valence-electron chi connectivity index (χ1n) is 16.5. The van der Waals surface area contributed by atoms with Gasteiger partial charge in [0.25, 0.3) is 6.71 Å². The van der Waals surface area contributed by atoms with Crippen molar-refractivity contribution >= 4 is 40.3 Å². The normalized spacial score (nSPS) is 16.9. The molecular weight excluding hydrogens is 559 g/mol. The van der Waals surface area contributed by atoms with E-state index in [2.05, 4.69) is 141 Å². The third-order valence-corrected chi connectivity index (χ3v) is 10.5. The molecule has 46 heavy (non-hydrogen) atoms. The van der Waals surface area contributed by atoms with Gasteiger partial charge in [0.1, 0.15) is 17.3 Å². The van der Waals surface area contributed by atoms with E-state index in [9.17, 15) is 0 Å². The van der Waals surface area contributed by atoms with Gasteiger partial charge >= 0.3 is 0 Å². The Labute approximate surface area is 271 Å².